The number of carboxylic acids is 1. The Balaban J connectivity index is 2.20. The number of amides is 3. The van der Waals surface area contributed by atoms with Gasteiger partial charge in [0.25, 0.3) is 0 Å². The summed E-state index contributed by atoms with van der Waals surface area (Å²) >= 11 is 0. The van der Waals surface area contributed by atoms with Crippen molar-refractivity contribution in [3.63, 3.8) is 0 Å². The summed E-state index contributed by atoms with van der Waals surface area (Å²) in [4.78, 5) is 34.5. The first-order valence-corrected chi connectivity index (χ1v) is 6.55. The highest BCUT2D eigenvalue weighted by Gasteiger charge is 2.32. The highest BCUT2D eigenvalue weighted by atomic mass is 16.4. The van der Waals surface area contributed by atoms with Crippen LogP contribution >= 0.6 is 0 Å². The van der Waals surface area contributed by atoms with Crippen LogP contribution in [0.25, 0.3) is 0 Å². The van der Waals surface area contributed by atoms with E-state index in [1.807, 2.05) is 0 Å². The first-order chi connectivity index (χ1) is 9.00. The number of carbonyl (C=O) groups excluding carboxylic acids is 2. The number of primary amides is 1. The van der Waals surface area contributed by atoms with Gasteiger partial charge in [-0.15, -0.1) is 0 Å². The first-order valence-electron chi connectivity index (χ1n) is 6.55. The van der Waals surface area contributed by atoms with Gasteiger partial charge in [0.1, 0.15) is 0 Å². The van der Waals surface area contributed by atoms with Crippen LogP contribution in [0.1, 0.15) is 38.5 Å². The van der Waals surface area contributed by atoms with E-state index in [9.17, 15) is 14.4 Å². The topological polar surface area (TPSA) is 113 Å². The molecule has 108 valence electrons. The van der Waals surface area contributed by atoms with Crippen LogP contribution in [0.3, 0.4) is 0 Å². The molecule has 0 atom stereocenters. The van der Waals surface area contributed by atoms with Crippen LogP contribution in [0.4, 0.5) is 4.79 Å². The summed E-state index contributed by atoms with van der Waals surface area (Å²) in [6.07, 6.45) is 3.50. The van der Waals surface area contributed by atoms with Crippen LogP contribution in [-0.4, -0.2) is 47.0 Å². The predicted molar refractivity (Wildman–Crippen MR) is 68.4 cm³/mol. The van der Waals surface area contributed by atoms with Crippen molar-refractivity contribution in [2.75, 3.05) is 13.1 Å². The van der Waals surface area contributed by atoms with E-state index in [0.717, 1.165) is 12.8 Å². The third kappa shape index (κ3) is 6.64. The second-order valence-electron chi connectivity index (χ2n) is 4.72. The van der Waals surface area contributed by atoms with Gasteiger partial charge in [0.2, 0.25) is 5.91 Å². The average Bonchev–Trinajstić information content (AvgIpc) is 3.12. The molecule has 0 aromatic rings. The van der Waals surface area contributed by atoms with E-state index in [2.05, 4.69) is 5.32 Å². The quantitative estimate of drug-likeness (QED) is 0.523. The number of rotatable bonds is 9. The maximum Gasteiger partial charge on any atom is 0.317 e. The average molecular weight is 271 g/mol. The largest absolute Gasteiger partial charge is 0.481 e. The zero-order chi connectivity index (χ0) is 14.3. The lowest BCUT2D eigenvalue weighted by molar-refractivity contribution is -0.137. The van der Waals surface area contributed by atoms with E-state index in [1.54, 1.807) is 4.90 Å². The Morgan fingerprint density at radius 2 is 1.89 bits per heavy atom. The molecule has 0 aromatic carbocycles. The minimum atomic E-state index is -0.903. The normalized spacial score (nSPS) is 13.9. The van der Waals surface area contributed by atoms with Gasteiger partial charge in [-0.05, 0) is 25.7 Å². The molecule has 0 saturated heterocycles. The number of carbonyl (C=O) groups is 3. The first kappa shape index (κ1) is 15.3. The van der Waals surface area contributed by atoms with Crippen LogP contribution in [0.2, 0.25) is 0 Å². The Morgan fingerprint density at radius 3 is 2.42 bits per heavy atom. The van der Waals surface area contributed by atoms with E-state index in [-0.39, 0.29) is 30.9 Å². The summed E-state index contributed by atoms with van der Waals surface area (Å²) in [5.74, 6) is -1.24. The molecule has 1 fully saturated rings. The third-order valence-electron chi connectivity index (χ3n) is 2.94. The molecule has 1 aliphatic rings. The number of carboxylic acid groups (broad SMARTS) is 1. The number of aliphatic carboxylic acids is 1. The van der Waals surface area contributed by atoms with Crippen LogP contribution in [0.15, 0.2) is 0 Å². The molecule has 4 N–H and O–H groups in total. The summed E-state index contributed by atoms with van der Waals surface area (Å²) in [6, 6.07) is -0.0344. The maximum atomic E-state index is 11.9. The monoisotopic (exact) mass is 271 g/mol. The Hall–Kier alpha value is -1.79. The molecule has 0 bridgehead atoms. The van der Waals surface area contributed by atoms with Crippen molar-refractivity contribution in [1.82, 2.24) is 10.2 Å². The minimum Gasteiger partial charge on any atom is -0.481 e. The number of urea groups is 1. The number of nitrogens with one attached hydrogen (secondary N) is 1. The molecular weight excluding hydrogens is 250 g/mol. The fraction of sp³-hybridized carbons (Fsp3) is 0.750. The second-order valence-corrected chi connectivity index (χ2v) is 4.72. The Bertz CT molecular complexity index is 342. The lowest BCUT2D eigenvalue weighted by atomic mass is 10.2. The standard InChI is InChI=1S/C12H21N3O4/c13-10(16)3-1-2-7-14-12(19)15(9-4-5-9)8-6-11(17)18/h9H,1-8H2,(H2,13,16)(H,14,19)(H,17,18). The molecule has 7 nitrogen and oxygen atoms in total. The van der Waals surface area contributed by atoms with E-state index in [1.165, 1.54) is 0 Å². The molecule has 3 amide bonds. The van der Waals surface area contributed by atoms with E-state index in [4.69, 9.17) is 10.8 Å². The summed E-state index contributed by atoms with van der Waals surface area (Å²) in [6.45, 7) is 0.718. The number of nitrogens with zero attached hydrogens (tertiary/aromatic N) is 1. The van der Waals surface area contributed by atoms with Gasteiger partial charge >= 0.3 is 12.0 Å². The molecule has 0 aliphatic heterocycles. The fourth-order valence-electron chi connectivity index (χ4n) is 1.77. The van der Waals surface area contributed by atoms with Crippen LogP contribution in [0, 0.1) is 0 Å². The summed E-state index contributed by atoms with van der Waals surface area (Å²) in [5.41, 5.74) is 5.01. The zero-order valence-electron chi connectivity index (χ0n) is 10.9. The second kappa shape index (κ2) is 7.60. The zero-order valence-corrected chi connectivity index (χ0v) is 10.9. The summed E-state index contributed by atoms with van der Waals surface area (Å²) in [5, 5.41) is 11.4. The fourth-order valence-corrected chi connectivity index (χ4v) is 1.77. The van der Waals surface area contributed by atoms with Gasteiger partial charge in [-0.25, -0.2) is 4.79 Å². The van der Waals surface area contributed by atoms with Gasteiger partial charge in [0.15, 0.2) is 0 Å². The van der Waals surface area contributed by atoms with Crippen molar-refractivity contribution in [1.29, 1.82) is 0 Å². The van der Waals surface area contributed by atoms with Gasteiger partial charge in [-0.2, -0.15) is 0 Å². The smallest absolute Gasteiger partial charge is 0.317 e. The Kier molecular flexibility index (Phi) is 6.11. The highest BCUT2D eigenvalue weighted by Crippen LogP contribution is 2.26. The molecule has 7 heteroatoms. The Labute approximate surface area is 112 Å². The van der Waals surface area contributed by atoms with Gasteiger partial charge in [0, 0.05) is 25.6 Å². The van der Waals surface area contributed by atoms with Crippen molar-refractivity contribution in [2.24, 2.45) is 5.73 Å². The van der Waals surface area contributed by atoms with Gasteiger partial charge in [-0.3, -0.25) is 9.59 Å². The lowest BCUT2D eigenvalue weighted by Gasteiger charge is -2.22. The van der Waals surface area contributed by atoms with E-state index >= 15 is 0 Å². The van der Waals surface area contributed by atoms with Gasteiger partial charge in [-0.1, -0.05) is 0 Å². The van der Waals surface area contributed by atoms with Gasteiger partial charge in [0.05, 0.1) is 6.42 Å². The van der Waals surface area contributed by atoms with Crippen LogP contribution in [0.5, 0.6) is 0 Å². The number of unbranched alkanes of at least 4 members (excludes halogenated alkanes) is 1. The Morgan fingerprint density at radius 1 is 1.21 bits per heavy atom. The van der Waals surface area contributed by atoms with Gasteiger partial charge < -0.3 is 21.1 Å². The third-order valence-corrected chi connectivity index (χ3v) is 2.94. The molecular formula is C12H21N3O4. The van der Waals surface area contributed by atoms with E-state index in [0.29, 0.717) is 25.8 Å². The molecule has 0 heterocycles. The van der Waals surface area contributed by atoms with Crippen molar-refractivity contribution in [2.45, 2.75) is 44.6 Å². The molecule has 1 rings (SSSR count). The molecule has 1 saturated carbocycles. The maximum absolute atomic E-state index is 11.9. The van der Waals surface area contributed by atoms with Crippen molar-refractivity contribution >= 4 is 17.9 Å². The molecule has 0 radical (unpaired) electrons. The predicted octanol–water partition coefficient (Wildman–Crippen LogP) is 0.291. The van der Waals surface area contributed by atoms with Crippen molar-refractivity contribution < 1.29 is 19.5 Å². The molecule has 19 heavy (non-hydrogen) atoms. The van der Waals surface area contributed by atoms with Crippen molar-refractivity contribution in [3.05, 3.63) is 0 Å². The van der Waals surface area contributed by atoms with Crippen molar-refractivity contribution in [3.8, 4) is 0 Å². The highest BCUT2D eigenvalue weighted by molar-refractivity contribution is 5.76. The molecule has 0 unspecified atom stereocenters. The SMILES string of the molecule is NC(=O)CCCCNC(=O)N(CCC(=O)O)C1CC1. The molecule has 0 spiro atoms. The summed E-state index contributed by atoms with van der Waals surface area (Å²) < 4.78 is 0. The number of hydrogen-bond acceptors (Lipinski definition) is 3. The van der Waals surface area contributed by atoms with Crippen LogP contribution in [-0.2, 0) is 9.59 Å². The number of hydrogen-bond donors (Lipinski definition) is 3. The molecule has 0 aromatic heterocycles. The lowest BCUT2D eigenvalue weighted by Crippen LogP contribution is -2.42. The van der Waals surface area contributed by atoms with Crippen LogP contribution < -0.4 is 11.1 Å². The number of nitrogens with two attached hydrogens (primary N) is 1. The van der Waals surface area contributed by atoms with E-state index < -0.39 is 5.97 Å². The molecule has 1 aliphatic carbocycles. The minimum absolute atomic E-state index is 0.0361. The summed E-state index contributed by atoms with van der Waals surface area (Å²) in [7, 11) is 0.